The van der Waals surface area contributed by atoms with Crippen LogP contribution in [0.15, 0.2) is 42.5 Å². The summed E-state index contributed by atoms with van der Waals surface area (Å²) in [6.45, 7) is 1.75. The summed E-state index contributed by atoms with van der Waals surface area (Å²) in [5, 5.41) is 6.79. The number of amides is 2. The maximum atomic E-state index is 12.3. The van der Waals surface area contributed by atoms with E-state index in [2.05, 4.69) is 10.6 Å². The summed E-state index contributed by atoms with van der Waals surface area (Å²) in [7, 11) is 1.69. The first-order valence-corrected chi connectivity index (χ1v) is 8.91. The largest absolute Gasteiger partial charge is 0.325 e. The number of rotatable bonds is 6. The summed E-state index contributed by atoms with van der Waals surface area (Å²) in [6.07, 6.45) is 0. The van der Waals surface area contributed by atoms with Crippen molar-refractivity contribution < 1.29 is 9.59 Å². The molecule has 0 spiro atoms. The number of halogens is 3. The fourth-order valence-electron chi connectivity index (χ4n) is 2.15. The molecule has 138 valence electrons. The minimum Gasteiger partial charge on any atom is -0.325 e. The molecule has 0 saturated heterocycles. The zero-order valence-electron chi connectivity index (χ0n) is 14.2. The van der Waals surface area contributed by atoms with Crippen LogP contribution in [0.25, 0.3) is 0 Å². The lowest BCUT2D eigenvalue weighted by Crippen LogP contribution is -2.43. The van der Waals surface area contributed by atoms with Crippen LogP contribution in [0.5, 0.6) is 0 Å². The smallest absolute Gasteiger partial charge is 0.241 e. The van der Waals surface area contributed by atoms with E-state index in [-0.39, 0.29) is 18.4 Å². The van der Waals surface area contributed by atoms with Crippen LogP contribution < -0.4 is 10.6 Å². The van der Waals surface area contributed by atoms with Gasteiger partial charge in [0.15, 0.2) is 0 Å². The Bertz CT molecular complexity index is 814. The number of likely N-dealkylation sites (N-methyl/N-ethyl adjacent to an activating group) is 1. The van der Waals surface area contributed by atoms with Gasteiger partial charge in [-0.3, -0.25) is 14.5 Å². The molecule has 0 fully saturated rings. The fraction of sp³-hybridized carbons (Fsp3) is 0.222. The summed E-state index contributed by atoms with van der Waals surface area (Å²) in [4.78, 5) is 26.1. The van der Waals surface area contributed by atoms with Crippen molar-refractivity contribution in [1.82, 2.24) is 4.90 Å². The third kappa shape index (κ3) is 5.88. The number of nitrogens with one attached hydrogen (secondary N) is 2. The lowest BCUT2D eigenvalue weighted by atomic mass is 10.2. The molecule has 0 saturated carbocycles. The number of anilines is 2. The molecule has 0 heterocycles. The van der Waals surface area contributed by atoms with Gasteiger partial charge in [-0.05, 0) is 50.4 Å². The van der Waals surface area contributed by atoms with E-state index in [1.807, 2.05) is 0 Å². The highest BCUT2D eigenvalue weighted by molar-refractivity contribution is 6.42. The quantitative estimate of drug-likeness (QED) is 0.729. The van der Waals surface area contributed by atoms with Gasteiger partial charge in [0.1, 0.15) is 0 Å². The first kappa shape index (κ1) is 20.5. The number of carbonyl (C=O) groups excluding carboxylic acids is 2. The van der Waals surface area contributed by atoms with Crippen molar-refractivity contribution in [3.63, 3.8) is 0 Å². The van der Waals surface area contributed by atoms with Crippen LogP contribution >= 0.6 is 34.8 Å². The lowest BCUT2D eigenvalue weighted by molar-refractivity contribution is -0.122. The molecule has 2 rings (SSSR count). The van der Waals surface area contributed by atoms with Crippen LogP contribution in [0.2, 0.25) is 15.1 Å². The first-order chi connectivity index (χ1) is 12.3. The molecule has 8 heteroatoms. The average molecular weight is 415 g/mol. The molecule has 0 aromatic heterocycles. The Morgan fingerprint density at radius 1 is 1.00 bits per heavy atom. The predicted octanol–water partition coefficient (Wildman–Crippen LogP) is 4.54. The van der Waals surface area contributed by atoms with Gasteiger partial charge in [0, 0.05) is 16.4 Å². The van der Waals surface area contributed by atoms with Gasteiger partial charge < -0.3 is 10.6 Å². The van der Waals surface area contributed by atoms with E-state index in [4.69, 9.17) is 34.8 Å². The van der Waals surface area contributed by atoms with Crippen LogP contribution in [0.1, 0.15) is 6.92 Å². The normalized spacial score (nSPS) is 11.9. The Morgan fingerprint density at radius 2 is 1.69 bits per heavy atom. The van der Waals surface area contributed by atoms with E-state index in [1.54, 1.807) is 61.3 Å². The zero-order valence-corrected chi connectivity index (χ0v) is 16.5. The second-order valence-electron chi connectivity index (χ2n) is 5.77. The standard InChI is InChI=1S/C18H18Cl3N3O2/c1-11(18(26)23-13-5-3-4-12(19)8-13)24(2)10-17(25)22-14-6-7-15(20)16(21)9-14/h3-9,11H,10H2,1-2H3,(H,22,25)(H,23,26)/t11-/m0/s1. The van der Waals surface area contributed by atoms with Gasteiger partial charge in [0.2, 0.25) is 11.8 Å². The van der Waals surface area contributed by atoms with Crippen molar-refractivity contribution in [3.05, 3.63) is 57.5 Å². The topological polar surface area (TPSA) is 61.4 Å². The van der Waals surface area contributed by atoms with E-state index in [1.165, 1.54) is 0 Å². The molecule has 0 unspecified atom stereocenters. The van der Waals surface area contributed by atoms with Crippen LogP contribution in [-0.4, -0.2) is 36.3 Å². The molecule has 0 aliphatic heterocycles. The molecular formula is C18H18Cl3N3O2. The molecule has 2 amide bonds. The summed E-state index contributed by atoms with van der Waals surface area (Å²) in [5.74, 6) is -0.509. The predicted molar refractivity (Wildman–Crippen MR) is 107 cm³/mol. The highest BCUT2D eigenvalue weighted by Crippen LogP contribution is 2.25. The van der Waals surface area contributed by atoms with Crippen LogP contribution in [0.3, 0.4) is 0 Å². The van der Waals surface area contributed by atoms with Crippen molar-refractivity contribution >= 4 is 58.0 Å². The molecule has 26 heavy (non-hydrogen) atoms. The minimum absolute atomic E-state index is 0.0321. The second kappa shape index (κ2) is 9.24. The number of carbonyl (C=O) groups is 2. The van der Waals surface area contributed by atoms with Gasteiger partial charge >= 0.3 is 0 Å². The molecule has 0 aliphatic rings. The molecule has 0 aliphatic carbocycles. The molecule has 0 radical (unpaired) electrons. The van der Waals surface area contributed by atoms with Gasteiger partial charge in [-0.2, -0.15) is 0 Å². The monoisotopic (exact) mass is 413 g/mol. The fourth-order valence-corrected chi connectivity index (χ4v) is 2.64. The number of nitrogens with zero attached hydrogens (tertiary/aromatic N) is 1. The van der Waals surface area contributed by atoms with Gasteiger partial charge in [-0.15, -0.1) is 0 Å². The van der Waals surface area contributed by atoms with Gasteiger partial charge in [0.25, 0.3) is 0 Å². The van der Waals surface area contributed by atoms with Crippen molar-refractivity contribution in [2.75, 3.05) is 24.2 Å². The summed E-state index contributed by atoms with van der Waals surface area (Å²) < 4.78 is 0. The first-order valence-electron chi connectivity index (χ1n) is 7.78. The Kier molecular flexibility index (Phi) is 7.29. The minimum atomic E-state index is -0.520. The Morgan fingerprint density at radius 3 is 2.35 bits per heavy atom. The SMILES string of the molecule is C[C@@H](C(=O)Nc1cccc(Cl)c1)N(C)CC(=O)Nc1ccc(Cl)c(Cl)c1. The summed E-state index contributed by atoms with van der Waals surface area (Å²) >= 11 is 17.7. The average Bonchev–Trinajstić information content (AvgIpc) is 2.57. The van der Waals surface area contributed by atoms with Crippen molar-refractivity contribution in [2.45, 2.75) is 13.0 Å². The van der Waals surface area contributed by atoms with Crippen molar-refractivity contribution in [1.29, 1.82) is 0 Å². The van der Waals surface area contributed by atoms with E-state index in [0.717, 1.165) is 0 Å². The Hall–Kier alpha value is -1.79. The van der Waals surface area contributed by atoms with Crippen LogP contribution in [0.4, 0.5) is 11.4 Å². The maximum absolute atomic E-state index is 12.3. The second-order valence-corrected chi connectivity index (χ2v) is 7.02. The number of hydrogen-bond donors (Lipinski definition) is 2. The highest BCUT2D eigenvalue weighted by Gasteiger charge is 2.20. The van der Waals surface area contributed by atoms with Crippen LogP contribution in [0, 0.1) is 0 Å². The zero-order chi connectivity index (χ0) is 19.3. The molecule has 0 bridgehead atoms. The van der Waals surface area contributed by atoms with Crippen molar-refractivity contribution in [2.24, 2.45) is 0 Å². The molecule has 2 aromatic carbocycles. The van der Waals surface area contributed by atoms with Gasteiger partial charge in [0.05, 0.1) is 22.6 Å². The van der Waals surface area contributed by atoms with E-state index in [0.29, 0.717) is 26.4 Å². The van der Waals surface area contributed by atoms with E-state index < -0.39 is 6.04 Å². The summed E-state index contributed by atoms with van der Waals surface area (Å²) in [5.41, 5.74) is 1.14. The van der Waals surface area contributed by atoms with Crippen LogP contribution in [-0.2, 0) is 9.59 Å². The lowest BCUT2D eigenvalue weighted by Gasteiger charge is -2.23. The number of benzene rings is 2. The molecular weight excluding hydrogens is 397 g/mol. The van der Waals surface area contributed by atoms with E-state index in [9.17, 15) is 9.59 Å². The molecule has 2 aromatic rings. The Balaban J connectivity index is 1.90. The third-order valence-electron chi connectivity index (χ3n) is 3.73. The maximum Gasteiger partial charge on any atom is 0.241 e. The molecule has 2 N–H and O–H groups in total. The number of hydrogen-bond acceptors (Lipinski definition) is 3. The molecule has 5 nitrogen and oxygen atoms in total. The van der Waals surface area contributed by atoms with Crippen molar-refractivity contribution in [3.8, 4) is 0 Å². The Labute approximate surface area is 167 Å². The van der Waals surface area contributed by atoms with E-state index >= 15 is 0 Å². The summed E-state index contributed by atoms with van der Waals surface area (Å²) in [6, 6.07) is 11.2. The molecule has 1 atom stereocenters. The van der Waals surface area contributed by atoms with Gasteiger partial charge in [-0.25, -0.2) is 0 Å². The highest BCUT2D eigenvalue weighted by atomic mass is 35.5. The third-order valence-corrected chi connectivity index (χ3v) is 4.70. The van der Waals surface area contributed by atoms with Gasteiger partial charge in [-0.1, -0.05) is 40.9 Å².